The van der Waals surface area contributed by atoms with E-state index in [-0.39, 0.29) is 4.90 Å². The van der Waals surface area contributed by atoms with Gasteiger partial charge in [0.1, 0.15) is 11.4 Å². The number of sulfonamides is 1. The van der Waals surface area contributed by atoms with Crippen molar-refractivity contribution in [1.29, 1.82) is 0 Å². The van der Waals surface area contributed by atoms with Crippen molar-refractivity contribution in [2.45, 2.75) is 11.8 Å². The minimum Gasteiger partial charge on any atom is -0.306 e. The molecule has 5 rings (SSSR count). The fourth-order valence-corrected chi connectivity index (χ4v) is 4.00. The van der Waals surface area contributed by atoms with Gasteiger partial charge in [-0.25, -0.2) is 27.7 Å². The molecule has 0 aliphatic rings. The summed E-state index contributed by atoms with van der Waals surface area (Å²) in [6.07, 6.45) is 4.75. The molecule has 34 heavy (non-hydrogen) atoms. The highest BCUT2D eigenvalue weighted by Crippen LogP contribution is 2.26. The number of aryl methyl sites for hydroxylation is 1. The van der Waals surface area contributed by atoms with E-state index in [4.69, 9.17) is 5.14 Å². The van der Waals surface area contributed by atoms with Crippen LogP contribution in [0.3, 0.4) is 0 Å². The molecular formula is C23H19N7O3S. The Bertz CT molecular complexity index is 1620. The highest BCUT2D eigenvalue weighted by Gasteiger charge is 2.19. The number of fused-ring (bicyclic) bond motifs is 1. The zero-order chi connectivity index (χ0) is 23.9. The number of carbonyl (C=O) groups is 1. The molecule has 3 N–H and O–H groups in total. The van der Waals surface area contributed by atoms with Gasteiger partial charge in [0.2, 0.25) is 10.0 Å². The Morgan fingerprint density at radius 3 is 2.50 bits per heavy atom. The van der Waals surface area contributed by atoms with Crippen molar-refractivity contribution >= 4 is 27.4 Å². The maximum Gasteiger partial charge on any atom is 0.262 e. The summed E-state index contributed by atoms with van der Waals surface area (Å²) in [6, 6.07) is 17.2. The van der Waals surface area contributed by atoms with Gasteiger partial charge >= 0.3 is 0 Å². The van der Waals surface area contributed by atoms with Crippen LogP contribution in [0.25, 0.3) is 22.6 Å². The molecule has 1 amide bonds. The van der Waals surface area contributed by atoms with Crippen LogP contribution in [0, 0.1) is 6.92 Å². The molecule has 0 saturated heterocycles. The molecule has 3 aromatic heterocycles. The summed E-state index contributed by atoms with van der Waals surface area (Å²) >= 11 is 0. The Morgan fingerprint density at radius 1 is 1.06 bits per heavy atom. The summed E-state index contributed by atoms with van der Waals surface area (Å²) in [5, 5.41) is 16.9. The molecule has 0 saturated carbocycles. The van der Waals surface area contributed by atoms with Gasteiger partial charge in [-0.15, -0.1) is 0 Å². The lowest BCUT2D eigenvalue weighted by Crippen LogP contribution is -2.15. The first kappa shape index (κ1) is 21.5. The fraction of sp³-hybridized carbons (Fsp3) is 0.0435. The largest absolute Gasteiger partial charge is 0.306 e. The summed E-state index contributed by atoms with van der Waals surface area (Å²) in [6.45, 7) is 1.98. The summed E-state index contributed by atoms with van der Waals surface area (Å²) < 4.78 is 26.3. The standard InChI is InChI=1S/C23H19N7O3S/c1-15-3-7-17(8-4-15)30-21(27-23(31)19-14-26-29-12-2-11-25-22(19)29)13-20(28-30)16-5-9-18(10-6-16)34(24,32)33/h2-14H,1H3,(H,27,31)(H2,24,32,33). The van der Waals surface area contributed by atoms with E-state index in [1.165, 1.54) is 22.8 Å². The normalized spacial score (nSPS) is 11.6. The molecule has 170 valence electrons. The van der Waals surface area contributed by atoms with Crippen molar-refractivity contribution in [1.82, 2.24) is 24.4 Å². The van der Waals surface area contributed by atoms with Crippen LogP contribution in [0.2, 0.25) is 0 Å². The number of primary sulfonamides is 1. The predicted molar refractivity (Wildman–Crippen MR) is 126 cm³/mol. The minimum absolute atomic E-state index is 0.00308. The summed E-state index contributed by atoms with van der Waals surface area (Å²) in [7, 11) is -3.81. The maximum atomic E-state index is 13.1. The van der Waals surface area contributed by atoms with Crippen molar-refractivity contribution in [3.05, 3.63) is 90.4 Å². The molecule has 0 unspecified atom stereocenters. The molecule has 11 heteroatoms. The molecule has 5 aromatic rings. The first-order chi connectivity index (χ1) is 16.3. The van der Waals surface area contributed by atoms with Gasteiger partial charge in [-0.3, -0.25) is 4.79 Å². The number of benzene rings is 2. The lowest BCUT2D eigenvalue weighted by atomic mass is 10.1. The molecular weight excluding hydrogens is 454 g/mol. The van der Waals surface area contributed by atoms with Crippen LogP contribution in [-0.4, -0.2) is 38.7 Å². The molecule has 0 spiro atoms. The van der Waals surface area contributed by atoms with E-state index in [1.807, 2.05) is 31.2 Å². The molecule has 0 aliphatic carbocycles. The fourth-order valence-electron chi connectivity index (χ4n) is 3.48. The van der Waals surface area contributed by atoms with Gasteiger partial charge in [0, 0.05) is 24.0 Å². The van der Waals surface area contributed by atoms with Gasteiger partial charge in [0.05, 0.1) is 22.5 Å². The number of hydrogen-bond donors (Lipinski definition) is 2. The second-order valence-corrected chi connectivity index (χ2v) is 9.19. The Balaban J connectivity index is 1.55. The zero-order valence-electron chi connectivity index (χ0n) is 18.0. The Labute approximate surface area is 194 Å². The van der Waals surface area contributed by atoms with Crippen LogP contribution in [0.5, 0.6) is 0 Å². The van der Waals surface area contributed by atoms with Crippen LogP contribution in [0.4, 0.5) is 5.82 Å². The zero-order valence-corrected chi connectivity index (χ0v) is 18.8. The van der Waals surface area contributed by atoms with Gasteiger partial charge in [-0.05, 0) is 37.3 Å². The Hall–Kier alpha value is -4.35. The number of carbonyl (C=O) groups excluding carboxylic acids is 1. The average Bonchev–Trinajstić information content (AvgIpc) is 3.44. The van der Waals surface area contributed by atoms with Gasteiger partial charge in [0.15, 0.2) is 5.65 Å². The van der Waals surface area contributed by atoms with E-state index < -0.39 is 15.9 Å². The summed E-state index contributed by atoms with van der Waals surface area (Å²) in [5.74, 6) is 0.0349. The highest BCUT2D eigenvalue weighted by molar-refractivity contribution is 7.89. The second-order valence-electron chi connectivity index (χ2n) is 7.63. The van der Waals surface area contributed by atoms with Crippen LogP contribution >= 0.6 is 0 Å². The third-order valence-electron chi connectivity index (χ3n) is 5.23. The van der Waals surface area contributed by atoms with Gasteiger partial charge in [0.25, 0.3) is 5.91 Å². The number of amides is 1. The highest BCUT2D eigenvalue weighted by atomic mass is 32.2. The number of rotatable bonds is 5. The lowest BCUT2D eigenvalue weighted by molar-refractivity contribution is 0.102. The average molecular weight is 474 g/mol. The van der Waals surface area contributed by atoms with Crippen LogP contribution in [-0.2, 0) is 10.0 Å². The molecule has 10 nitrogen and oxygen atoms in total. The van der Waals surface area contributed by atoms with Gasteiger partial charge < -0.3 is 5.32 Å². The summed E-state index contributed by atoms with van der Waals surface area (Å²) in [4.78, 5) is 17.3. The Morgan fingerprint density at radius 2 is 1.79 bits per heavy atom. The van der Waals surface area contributed by atoms with E-state index in [9.17, 15) is 13.2 Å². The maximum absolute atomic E-state index is 13.1. The van der Waals surface area contributed by atoms with Crippen LogP contribution in [0.1, 0.15) is 15.9 Å². The minimum atomic E-state index is -3.81. The number of nitrogens with one attached hydrogen (secondary N) is 1. The molecule has 0 fully saturated rings. The Kier molecular flexibility index (Phi) is 5.19. The third kappa shape index (κ3) is 4.05. The van der Waals surface area contributed by atoms with E-state index in [0.29, 0.717) is 28.3 Å². The first-order valence-electron chi connectivity index (χ1n) is 10.2. The molecule has 0 aliphatic heterocycles. The smallest absolute Gasteiger partial charge is 0.262 e. The van der Waals surface area contributed by atoms with Crippen molar-refractivity contribution in [2.24, 2.45) is 5.14 Å². The van der Waals surface area contributed by atoms with E-state index >= 15 is 0 Å². The monoisotopic (exact) mass is 473 g/mol. The quantitative estimate of drug-likeness (QED) is 0.403. The van der Waals surface area contributed by atoms with Crippen LogP contribution in [0.15, 0.2) is 84.1 Å². The van der Waals surface area contributed by atoms with E-state index in [0.717, 1.165) is 11.3 Å². The van der Waals surface area contributed by atoms with Crippen molar-refractivity contribution in [3.8, 4) is 16.9 Å². The van der Waals surface area contributed by atoms with Gasteiger partial charge in [-0.1, -0.05) is 29.8 Å². The molecule has 3 heterocycles. The molecule has 0 bridgehead atoms. The number of nitrogens with zero attached hydrogens (tertiary/aromatic N) is 5. The van der Waals surface area contributed by atoms with E-state index in [2.05, 4.69) is 20.5 Å². The van der Waals surface area contributed by atoms with Crippen molar-refractivity contribution in [3.63, 3.8) is 0 Å². The topological polar surface area (TPSA) is 137 Å². The molecule has 2 aromatic carbocycles. The number of anilines is 1. The SMILES string of the molecule is Cc1ccc(-n2nc(-c3ccc(S(N)(=O)=O)cc3)cc2NC(=O)c2cnn3cccnc23)cc1. The second kappa shape index (κ2) is 8.21. The molecule has 0 radical (unpaired) electrons. The lowest BCUT2D eigenvalue weighted by Gasteiger charge is -2.08. The number of hydrogen-bond acceptors (Lipinski definition) is 6. The number of aromatic nitrogens is 5. The first-order valence-corrected chi connectivity index (χ1v) is 11.7. The predicted octanol–water partition coefficient (Wildman–Crippen LogP) is 2.79. The summed E-state index contributed by atoms with van der Waals surface area (Å²) in [5.41, 5.74) is 3.77. The van der Waals surface area contributed by atoms with Crippen molar-refractivity contribution in [2.75, 3.05) is 5.32 Å². The molecule has 0 atom stereocenters. The third-order valence-corrected chi connectivity index (χ3v) is 6.16. The van der Waals surface area contributed by atoms with Crippen LogP contribution < -0.4 is 10.5 Å². The number of nitrogens with two attached hydrogens (primary N) is 1. The van der Waals surface area contributed by atoms with Crippen molar-refractivity contribution < 1.29 is 13.2 Å². The van der Waals surface area contributed by atoms with E-state index in [1.54, 1.807) is 41.3 Å². The van der Waals surface area contributed by atoms with Gasteiger partial charge in [-0.2, -0.15) is 10.2 Å².